The molecular weight excluding hydrogens is 266 g/mol. The van der Waals surface area contributed by atoms with Crippen LogP contribution >= 0.6 is 0 Å². The summed E-state index contributed by atoms with van der Waals surface area (Å²) in [5.41, 5.74) is 6.93. The second kappa shape index (κ2) is 5.56. The lowest BCUT2D eigenvalue weighted by molar-refractivity contribution is 0.0935. The van der Waals surface area contributed by atoms with E-state index < -0.39 is 0 Å². The van der Waals surface area contributed by atoms with Crippen molar-refractivity contribution in [2.45, 2.75) is 18.9 Å². The molecule has 2 aliphatic rings. The minimum Gasteiger partial charge on any atom is -0.495 e. The van der Waals surface area contributed by atoms with E-state index in [9.17, 15) is 4.79 Å². The Morgan fingerprint density at radius 1 is 1.33 bits per heavy atom. The highest BCUT2D eigenvalue weighted by Crippen LogP contribution is 2.37. The average molecular weight is 289 g/mol. The molecule has 2 fully saturated rings. The standard InChI is InChI=1S/C16H23N3O2/c1-19-8-11-5-13(6-12(11)9-19)18-16(20)10-3-4-14(17)15(7-10)21-2/h3-4,7,11-13H,5-6,8-9,17H2,1-2H3,(H,18,20)/t11-,12?,13?/m0/s1. The van der Waals surface area contributed by atoms with E-state index in [1.54, 1.807) is 25.3 Å². The third-order valence-corrected chi connectivity index (χ3v) is 4.76. The Bertz CT molecular complexity index is 532. The van der Waals surface area contributed by atoms with E-state index in [1.807, 2.05) is 0 Å². The maximum absolute atomic E-state index is 12.3. The van der Waals surface area contributed by atoms with Crippen LogP contribution in [0.15, 0.2) is 18.2 Å². The lowest BCUT2D eigenvalue weighted by atomic mass is 10.0. The summed E-state index contributed by atoms with van der Waals surface area (Å²) < 4.78 is 5.17. The van der Waals surface area contributed by atoms with Crippen molar-refractivity contribution in [3.8, 4) is 5.75 Å². The summed E-state index contributed by atoms with van der Waals surface area (Å²) in [5, 5.41) is 3.16. The van der Waals surface area contributed by atoms with E-state index in [0.29, 0.717) is 23.0 Å². The molecule has 0 radical (unpaired) electrons. The molecule has 0 spiro atoms. The van der Waals surface area contributed by atoms with Crippen LogP contribution < -0.4 is 15.8 Å². The maximum atomic E-state index is 12.3. The second-order valence-electron chi connectivity index (χ2n) is 6.34. The Hall–Kier alpha value is -1.75. The fraction of sp³-hybridized carbons (Fsp3) is 0.562. The predicted octanol–water partition coefficient (Wildman–Crippen LogP) is 1.35. The SMILES string of the molecule is COc1cc(C(=O)NC2CC3CN(C)C[C@@H]3C2)ccc1N. The van der Waals surface area contributed by atoms with Crippen LogP contribution in [-0.4, -0.2) is 44.1 Å². The Morgan fingerprint density at radius 3 is 2.62 bits per heavy atom. The first kappa shape index (κ1) is 14.2. The normalized spacial score (nSPS) is 28.4. The summed E-state index contributed by atoms with van der Waals surface area (Å²) >= 11 is 0. The Morgan fingerprint density at radius 2 is 2.00 bits per heavy atom. The number of hydrogen-bond acceptors (Lipinski definition) is 4. The number of rotatable bonds is 3. The molecule has 2 unspecified atom stereocenters. The number of ether oxygens (including phenoxy) is 1. The summed E-state index contributed by atoms with van der Waals surface area (Å²) in [5.74, 6) is 1.99. The lowest BCUT2D eigenvalue weighted by Gasteiger charge is -2.16. The first-order chi connectivity index (χ1) is 10.1. The number of carbonyl (C=O) groups excluding carboxylic acids is 1. The molecule has 1 aromatic carbocycles. The smallest absolute Gasteiger partial charge is 0.251 e. The van der Waals surface area contributed by atoms with E-state index in [0.717, 1.165) is 37.8 Å². The van der Waals surface area contributed by atoms with Gasteiger partial charge in [0.1, 0.15) is 5.75 Å². The first-order valence-corrected chi connectivity index (χ1v) is 7.49. The highest BCUT2D eigenvalue weighted by molar-refractivity contribution is 5.95. The molecule has 1 aliphatic heterocycles. The molecule has 1 amide bonds. The number of anilines is 1. The van der Waals surface area contributed by atoms with Gasteiger partial charge in [0.25, 0.3) is 5.91 Å². The van der Waals surface area contributed by atoms with Crippen LogP contribution in [0.3, 0.4) is 0 Å². The van der Waals surface area contributed by atoms with Gasteiger partial charge in [-0.2, -0.15) is 0 Å². The number of nitrogens with two attached hydrogens (primary N) is 1. The molecule has 5 nitrogen and oxygen atoms in total. The number of benzene rings is 1. The molecule has 1 aliphatic carbocycles. The number of carbonyl (C=O) groups is 1. The van der Waals surface area contributed by atoms with Gasteiger partial charge < -0.3 is 20.7 Å². The van der Waals surface area contributed by atoms with Crippen LogP contribution in [0.2, 0.25) is 0 Å². The molecule has 5 heteroatoms. The minimum atomic E-state index is -0.0355. The van der Waals surface area contributed by atoms with Gasteiger partial charge in [-0.15, -0.1) is 0 Å². The Labute approximate surface area is 125 Å². The van der Waals surface area contributed by atoms with Crippen LogP contribution in [0.4, 0.5) is 5.69 Å². The van der Waals surface area contributed by atoms with E-state index in [2.05, 4.69) is 17.3 Å². The monoisotopic (exact) mass is 289 g/mol. The third kappa shape index (κ3) is 2.83. The predicted molar refractivity (Wildman–Crippen MR) is 82.4 cm³/mol. The maximum Gasteiger partial charge on any atom is 0.251 e. The molecule has 21 heavy (non-hydrogen) atoms. The van der Waals surface area contributed by atoms with Gasteiger partial charge in [-0.05, 0) is 49.9 Å². The summed E-state index contributed by atoms with van der Waals surface area (Å²) in [6.45, 7) is 2.32. The van der Waals surface area contributed by atoms with Gasteiger partial charge in [-0.1, -0.05) is 0 Å². The molecule has 1 heterocycles. The number of nitrogens with one attached hydrogen (secondary N) is 1. The van der Waals surface area contributed by atoms with E-state index in [-0.39, 0.29) is 5.91 Å². The zero-order valence-electron chi connectivity index (χ0n) is 12.6. The topological polar surface area (TPSA) is 67.6 Å². The van der Waals surface area contributed by atoms with Gasteiger partial charge in [0.05, 0.1) is 12.8 Å². The van der Waals surface area contributed by atoms with Crippen molar-refractivity contribution in [1.82, 2.24) is 10.2 Å². The van der Waals surface area contributed by atoms with Crippen molar-refractivity contribution in [2.24, 2.45) is 11.8 Å². The van der Waals surface area contributed by atoms with Crippen molar-refractivity contribution < 1.29 is 9.53 Å². The minimum absolute atomic E-state index is 0.0355. The molecule has 1 saturated heterocycles. The van der Waals surface area contributed by atoms with Crippen LogP contribution in [0.5, 0.6) is 5.75 Å². The van der Waals surface area contributed by atoms with Crippen molar-refractivity contribution in [1.29, 1.82) is 0 Å². The van der Waals surface area contributed by atoms with Crippen molar-refractivity contribution >= 4 is 11.6 Å². The van der Waals surface area contributed by atoms with Gasteiger partial charge >= 0.3 is 0 Å². The first-order valence-electron chi connectivity index (χ1n) is 7.49. The van der Waals surface area contributed by atoms with Gasteiger partial charge in [-0.25, -0.2) is 0 Å². The highest BCUT2D eigenvalue weighted by atomic mass is 16.5. The molecule has 114 valence electrons. The fourth-order valence-corrected chi connectivity index (χ4v) is 3.77. The number of likely N-dealkylation sites (tertiary alicyclic amines) is 1. The average Bonchev–Trinajstić information content (AvgIpc) is 2.95. The highest BCUT2D eigenvalue weighted by Gasteiger charge is 2.40. The van der Waals surface area contributed by atoms with E-state index in [1.165, 1.54) is 0 Å². The molecule has 3 N–H and O–H groups in total. The largest absolute Gasteiger partial charge is 0.495 e. The number of nitrogens with zero attached hydrogens (tertiary/aromatic N) is 1. The van der Waals surface area contributed by atoms with Crippen LogP contribution in [0, 0.1) is 11.8 Å². The second-order valence-corrected chi connectivity index (χ2v) is 6.34. The number of hydrogen-bond donors (Lipinski definition) is 2. The number of fused-ring (bicyclic) bond motifs is 1. The number of methoxy groups -OCH3 is 1. The van der Waals surface area contributed by atoms with Crippen LogP contribution in [0.1, 0.15) is 23.2 Å². The van der Waals surface area contributed by atoms with Crippen molar-refractivity contribution in [2.75, 3.05) is 33.0 Å². The molecule has 0 aromatic heterocycles. The molecule has 3 rings (SSSR count). The van der Waals surface area contributed by atoms with Crippen molar-refractivity contribution in [3.05, 3.63) is 23.8 Å². The van der Waals surface area contributed by atoms with Crippen molar-refractivity contribution in [3.63, 3.8) is 0 Å². The number of nitrogen functional groups attached to an aromatic ring is 1. The van der Waals surface area contributed by atoms with Crippen LogP contribution in [-0.2, 0) is 0 Å². The van der Waals surface area contributed by atoms with E-state index >= 15 is 0 Å². The van der Waals surface area contributed by atoms with Gasteiger partial charge in [-0.3, -0.25) is 4.79 Å². The summed E-state index contributed by atoms with van der Waals surface area (Å²) in [7, 11) is 3.73. The van der Waals surface area contributed by atoms with Gasteiger partial charge in [0.15, 0.2) is 0 Å². The number of amides is 1. The molecule has 1 saturated carbocycles. The zero-order chi connectivity index (χ0) is 15.0. The summed E-state index contributed by atoms with van der Waals surface area (Å²) in [4.78, 5) is 14.7. The summed E-state index contributed by atoms with van der Waals surface area (Å²) in [6, 6.07) is 5.46. The van der Waals surface area contributed by atoms with Crippen LogP contribution in [0.25, 0.3) is 0 Å². The summed E-state index contributed by atoms with van der Waals surface area (Å²) in [6.07, 6.45) is 2.18. The van der Waals surface area contributed by atoms with Gasteiger partial charge in [0, 0.05) is 24.7 Å². The van der Waals surface area contributed by atoms with Gasteiger partial charge in [0.2, 0.25) is 0 Å². The molecular formula is C16H23N3O2. The lowest BCUT2D eigenvalue weighted by Crippen LogP contribution is -2.34. The fourth-order valence-electron chi connectivity index (χ4n) is 3.77. The zero-order valence-corrected chi connectivity index (χ0v) is 12.6. The molecule has 0 bridgehead atoms. The molecule has 3 atom stereocenters. The quantitative estimate of drug-likeness (QED) is 0.824. The Kier molecular flexibility index (Phi) is 3.76. The third-order valence-electron chi connectivity index (χ3n) is 4.76. The Balaban J connectivity index is 1.62. The van der Waals surface area contributed by atoms with E-state index in [4.69, 9.17) is 10.5 Å². The molecule has 1 aromatic rings.